The van der Waals surface area contributed by atoms with Crippen molar-refractivity contribution >= 4 is 27.8 Å². The number of ketones is 1. The molecule has 5 heteroatoms. The van der Waals surface area contributed by atoms with Crippen LogP contribution in [0.4, 0.5) is 0 Å². The van der Waals surface area contributed by atoms with E-state index in [1.54, 1.807) is 0 Å². The number of Topliss-reactive ketones (excluding diaryl/α,β-unsaturated/α-hetero) is 1. The number of fused-ring (bicyclic) bond motifs is 3. The second kappa shape index (κ2) is 6.95. The molecule has 0 atom stereocenters. The van der Waals surface area contributed by atoms with E-state index in [0.29, 0.717) is 24.7 Å². The van der Waals surface area contributed by atoms with Gasteiger partial charge in [-0.1, -0.05) is 0 Å². The molecule has 0 amide bonds. The van der Waals surface area contributed by atoms with Crippen LogP contribution >= 0.6 is 15.9 Å². The Hall–Kier alpha value is -1.49. The number of hydrogen-bond acceptors (Lipinski definition) is 4. The summed E-state index contributed by atoms with van der Waals surface area (Å²) in [6, 6.07) is 3.93. The van der Waals surface area contributed by atoms with Gasteiger partial charge < -0.3 is 14.4 Å². The molecule has 0 aliphatic carbocycles. The highest BCUT2D eigenvalue weighted by atomic mass is 79.9. The SMILES string of the molecule is CCOc1cc(/C=C2/C(=O)C3CCN2CC3)cc(Br)c1OCC. The van der Waals surface area contributed by atoms with Crippen molar-refractivity contribution in [1.29, 1.82) is 0 Å². The molecular weight excluding hydrogens is 358 g/mol. The summed E-state index contributed by atoms with van der Waals surface area (Å²) in [4.78, 5) is 14.7. The molecule has 4 rings (SSSR count). The Morgan fingerprint density at radius 1 is 1.22 bits per heavy atom. The zero-order valence-corrected chi connectivity index (χ0v) is 15.2. The largest absolute Gasteiger partial charge is 0.490 e. The number of piperidine rings is 3. The van der Waals surface area contributed by atoms with Gasteiger partial charge in [-0.05, 0) is 66.4 Å². The zero-order valence-electron chi connectivity index (χ0n) is 13.6. The van der Waals surface area contributed by atoms with Gasteiger partial charge in [0.2, 0.25) is 0 Å². The first kappa shape index (κ1) is 16.4. The Morgan fingerprint density at radius 3 is 2.52 bits per heavy atom. The van der Waals surface area contributed by atoms with E-state index in [1.165, 1.54) is 0 Å². The molecule has 4 nitrogen and oxygen atoms in total. The Kier molecular flexibility index (Phi) is 4.95. The Morgan fingerprint density at radius 2 is 1.91 bits per heavy atom. The average Bonchev–Trinajstić information content (AvgIpc) is 2.55. The van der Waals surface area contributed by atoms with Crippen molar-refractivity contribution in [3.05, 3.63) is 27.9 Å². The molecule has 0 aromatic heterocycles. The van der Waals surface area contributed by atoms with Gasteiger partial charge in [0.25, 0.3) is 0 Å². The minimum absolute atomic E-state index is 0.212. The van der Waals surface area contributed by atoms with Crippen LogP contribution in [0, 0.1) is 5.92 Å². The molecule has 3 aliphatic heterocycles. The number of carbonyl (C=O) groups excluding carboxylic acids is 1. The van der Waals surface area contributed by atoms with Crippen LogP contribution in [-0.2, 0) is 4.79 Å². The van der Waals surface area contributed by atoms with Gasteiger partial charge in [0.1, 0.15) is 0 Å². The number of carbonyl (C=O) groups is 1. The first-order valence-corrected chi connectivity index (χ1v) is 9.03. The molecule has 2 bridgehead atoms. The Bertz CT molecular complexity index is 633. The summed E-state index contributed by atoms with van der Waals surface area (Å²) in [6.07, 6.45) is 3.97. The van der Waals surface area contributed by atoms with E-state index < -0.39 is 0 Å². The number of halogens is 1. The molecule has 0 radical (unpaired) electrons. The highest BCUT2D eigenvalue weighted by Gasteiger charge is 2.36. The van der Waals surface area contributed by atoms with Crippen molar-refractivity contribution in [2.75, 3.05) is 26.3 Å². The van der Waals surface area contributed by atoms with Crippen LogP contribution in [0.15, 0.2) is 22.3 Å². The van der Waals surface area contributed by atoms with E-state index in [0.717, 1.165) is 41.7 Å². The van der Waals surface area contributed by atoms with E-state index >= 15 is 0 Å². The molecule has 0 N–H and O–H groups in total. The summed E-state index contributed by atoms with van der Waals surface area (Å²) < 4.78 is 12.2. The second-order valence-corrected chi connectivity index (χ2v) is 6.71. The monoisotopic (exact) mass is 379 g/mol. The molecule has 23 heavy (non-hydrogen) atoms. The lowest BCUT2D eigenvalue weighted by atomic mass is 9.84. The first-order chi connectivity index (χ1) is 11.1. The van der Waals surface area contributed by atoms with E-state index in [4.69, 9.17) is 9.47 Å². The van der Waals surface area contributed by atoms with E-state index in [1.807, 2.05) is 32.1 Å². The number of allylic oxidation sites excluding steroid dienone is 1. The van der Waals surface area contributed by atoms with Crippen LogP contribution in [0.25, 0.3) is 6.08 Å². The van der Waals surface area contributed by atoms with Crippen molar-refractivity contribution in [2.45, 2.75) is 26.7 Å². The van der Waals surface area contributed by atoms with Gasteiger partial charge in [-0.3, -0.25) is 4.79 Å². The third-order valence-electron chi connectivity index (χ3n) is 4.38. The van der Waals surface area contributed by atoms with Crippen LogP contribution in [-0.4, -0.2) is 37.0 Å². The standard InChI is InChI=1S/C18H22BrNO3/c1-3-22-16-11-12(9-14(19)18(16)23-4-2)10-15-17(21)13-5-7-20(15)8-6-13/h9-11,13H,3-8H2,1-2H3/b15-10-. The maximum absolute atomic E-state index is 12.5. The second-order valence-electron chi connectivity index (χ2n) is 5.85. The van der Waals surface area contributed by atoms with Crippen molar-refractivity contribution in [3.8, 4) is 11.5 Å². The lowest BCUT2D eigenvalue weighted by Gasteiger charge is -2.41. The third kappa shape index (κ3) is 3.25. The van der Waals surface area contributed by atoms with E-state index in [-0.39, 0.29) is 11.7 Å². The fraction of sp³-hybridized carbons (Fsp3) is 0.500. The molecule has 0 spiro atoms. The van der Waals surface area contributed by atoms with E-state index in [2.05, 4.69) is 20.8 Å². The van der Waals surface area contributed by atoms with Crippen LogP contribution < -0.4 is 9.47 Å². The summed E-state index contributed by atoms with van der Waals surface area (Å²) in [6.45, 7) is 7.01. The van der Waals surface area contributed by atoms with Gasteiger partial charge >= 0.3 is 0 Å². The van der Waals surface area contributed by atoms with Crippen LogP contribution in [0.5, 0.6) is 11.5 Å². The van der Waals surface area contributed by atoms with Crippen molar-refractivity contribution in [2.24, 2.45) is 5.92 Å². The molecule has 1 aromatic rings. The quantitative estimate of drug-likeness (QED) is 0.727. The number of ether oxygens (including phenoxy) is 2. The van der Waals surface area contributed by atoms with Crippen LogP contribution in [0.2, 0.25) is 0 Å². The van der Waals surface area contributed by atoms with Crippen LogP contribution in [0.3, 0.4) is 0 Å². The fourth-order valence-electron chi connectivity index (χ4n) is 3.29. The van der Waals surface area contributed by atoms with Crippen molar-refractivity contribution in [3.63, 3.8) is 0 Å². The van der Waals surface area contributed by atoms with Gasteiger partial charge in [0.05, 0.1) is 23.4 Å². The molecule has 124 valence electrons. The third-order valence-corrected chi connectivity index (χ3v) is 4.97. The summed E-state index contributed by atoms with van der Waals surface area (Å²) in [7, 11) is 0. The van der Waals surface area contributed by atoms with E-state index in [9.17, 15) is 4.79 Å². The number of nitrogens with zero attached hydrogens (tertiary/aromatic N) is 1. The highest BCUT2D eigenvalue weighted by molar-refractivity contribution is 9.10. The molecular formula is C18H22BrNO3. The fourth-order valence-corrected chi connectivity index (χ4v) is 3.86. The van der Waals surface area contributed by atoms with Gasteiger partial charge in [-0.15, -0.1) is 0 Å². The maximum atomic E-state index is 12.5. The summed E-state index contributed by atoms with van der Waals surface area (Å²) in [5.74, 6) is 1.92. The predicted molar refractivity (Wildman–Crippen MR) is 93.8 cm³/mol. The Labute approximate surface area is 145 Å². The lowest BCUT2D eigenvalue weighted by molar-refractivity contribution is -0.125. The average molecular weight is 380 g/mol. The molecule has 0 unspecified atom stereocenters. The maximum Gasteiger partial charge on any atom is 0.182 e. The summed E-state index contributed by atoms with van der Waals surface area (Å²) in [5, 5.41) is 0. The number of hydrogen-bond donors (Lipinski definition) is 0. The molecule has 3 aliphatic rings. The van der Waals surface area contributed by atoms with Crippen molar-refractivity contribution in [1.82, 2.24) is 4.90 Å². The lowest BCUT2D eigenvalue weighted by Crippen LogP contribution is -2.45. The highest BCUT2D eigenvalue weighted by Crippen LogP contribution is 2.39. The smallest absolute Gasteiger partial charge is 0.182 e. The van der Waals surface area contributed by atoms with Gasteiger partial charge in [0, 0.05) is 19.0 Å². The zero-order chi connectivity index (χ0) is 16.4. The van der Waals surface area contributed by atoms with Gasteiger partial charge in [0.15, 0.2) is 17.3 Å². The number of benzene rings is 1. The predicted octanol–water partition coefficient (Wildman–Crippen LogP) is 3.88. The van der Waals surface area contributed by atoms with Crippen molar-refractivity contribution < 1.29 is 14.3 Å². The van der Waals surface area contributed by atoms with Gasteiger partial charge in [-0.2, -0.15) is 0 Å². The molecule has 3 saturated heterocycles. The van der Waals surface area contributed by atoms with Gasteiger partial charge in [-0.25, -0.2) is 0 Å². The Balaban J connectivity index is 1.96. The minimum Gasteiger partial charge on any atom is -0.490 e. The molecule has 1 aromatic carbocycles. The van der Waals surface area contributed by atoms with Crippen LogP contribution in [0.1, 0.15) is 32.3 Å². The topological polar surface area (TPSA) is 38.8 Å². The number of rotatable bonds is 5. The molecule has 0 saturated carbocycles. The first-order valence-electron chi connectivity index (χ1n) is 8.24. The normalized spacial score (nSPS) is 19.5. The summed E-state index contributed by atoms with van der Waals surface area (Å²) in [5.41, 5.74) is 1.80. The minimum atomic E-state index is 0.212. The molecule has 3 heterocycles. The molecule has 3 fully saturated rings. The summed E-state index contributed by atoms with van der Waals surface area (Å²) >= 11 is 3.56.